The van der Waals surface area contributed by atoms with Crippen LogP contribution in [0.5, 0.6) is 0 Å². The molecule has 1 N–H and O–H groups in total. The standard InChI is InChI=1S/C8H15NO/c1-7(2)9-5-3-4-8(9)6-10/h8,10H,1,3-6H2,2H3. The summed E-state index contributed by atoms with van der Waals surface area (Å²) in [6.07, 6.45) is 2.31. The molecule has 1 unspecified atom stereocenters. The topological polar surface area (TPSA) is 23.5 Å². The molecule has 1 rings (SSSR count). The SMILES string of the molecule is C=C(C)N1CCCC1CO. The van der Waals surface area contributed by atoms with Crippen molar-refractivity contribution in [3.63, 3.8) is 0 Å². The van der Waals surface area contributed by atoms with Crippen LogP contribution in [0.25, 0.3) is 0 Å². The van der Waals surface area contributed by atoms with Gasteiger partial charge < -0.3 is 10.0 Å². The van der Waals surface area contributed by atoms with Gasteiger partial charge in [0.1, 0.15) is 0 Å². The van der Waals surface area contributed by atoms with Crippen LogP contribution in [0.4, 0.5) is 0 Å². The number of hydrogen-bond acceptors (Lipinski definition) is 2. The third kappa shape index (κ3) is 1.32. The van der Waals surface area contributed by atoms with Gasteiger partial charge in [-0.15, -0.1) is 0 Å². The van der Waals surface area contributed by atoms with Gasteiger partial charge in [-0.2, -0.15) is 0 Å². The Labute approximate surface area is 62.2 Å². The summed E-state index contributed by atoms with van der Waals surface area (Å²) >= 11 is 0. The molecule has 1 fully saturated rings. The fourth-order valence-electron chi connectivity index (χ4n) is 1.53. The van der Waals surface area contributed by atoms with Gasteiger partial charge in [0.2, 0.25) is 0 Å². The van der Waals surface area contributed by atoms with E-state index in [2.05, 4.69) is 11.5 Å². The number of aliphatic hydroxyl groups excluding tert-OH is 1. The van der Waals surface area contributed by atoms with Crippen molar-refractivity contribution >= 4 is 0 Å². The first-order chi connectivity index (χ1) is 4.75. The zero-order chi connectivity index (χ0) is 7.56. The summed E-state index contributed by atoms with van der Waals surface area (Å²) in [6, 6.07) is 0.345. The number of allylic oxidation sites excluding steroid dienone is 1. The van der Waals surface area contributed by atoms with Crippen molar-refractivity contribution in [3.05, 3.63) is 12.3 Å². The summed E-state index contributed by atoms with van der Waals surface area (Å²) in [5.41, 5.74) is 1.08. The van der Waals surface area contributed by atoms with Crippen LogP contribution in [-0.4, -0.2) is 29.2 Å². The van der Waals surface area contributed by atoms with Crippen LogP contribution in [0, 0.1) is 0 Å². The van der Waals surface area contributed by atoms with E-state index in [4.69, 9.17) is 5.11 Å². The molecule has 10 heavy (non-hydrogen) atoms. The highest BCUT2D eigenvalue weighted by atomic mass is 16.3. The van der Waals surface area contributed by atoms with Crippen molar-refractivity contribution in [1.82, 2.24) is 4.90 Å². The average Bonchev–Trinajstić information content (AvgIpc) is 2.33. The molecule has 0 aromatic rings. The van der Waals surface area contributed by atoms with Gasteiger partial charge in [0.05, 0.1) is 12.6 Å². The fourth-order valence-corrected chi connectivity index (χ4v) is 1.53. The molecule has 1 aliphatic rings. The minimum absolute atomic E-state index is 0.271. The first-order valence-electron chi connectivity index (χ1n) is 3.78. The van der Waals surface area contributed by atoms with E-state index in [1.807, 2.05) is 6.92 Å². The Morgan fingerprint density at radius 3 is 2.90 bits per heavy atom. The van der Waals surface area contributed by atoms with E-state index in [1.165, 1.54) is 6.42 Å². The van der Waals surface area contributed by atoms with E-state index in [9.17, 15) is 0 Å². The average molecular weight is 141 g/mol. The normalized spacial score (nSPS) is 25.4. The summed E-state index contributed by atoms with van der Waals surface area (Å²) in [7, 11) is 0. The first-order valence-corrected chi connectivity index (χ1v) is 3.78. The molecule has 0 saturated carbocycles. The van der Waals surface area contributed by atoms with Crippen molar-refractivity contribution in [1.29, 1.82) is 0 Å². The number of likely N-dealkylation sites (tertiary alicyclic amines) is 1. The summed E-state index contributed by atoms with van der Waals surface area (Å²) < 4.78 is 0. The zero-order valence-electron chi connectivity index (χ0n) is 6.51. The molecule has 58 valence electrons. The first kappa shape index (κ1) is 7.61. The second-order valence-corrected chi connectivity index (χ2v) is 2.91. The second kappa shape index (κ2) is 3.06. The molecule has 0 bridgehead atoms. The molecule has 0 aliphatic carbocycles. The van der Waals surface area contributed by atoms with E-state index in [-0.39, 0.29) is 6.61 Å². The Bertz CT molecular complexity index is 133. The van der Waals surface area contributed by atoms with Crippen molar-refractivity contribution in [2.24, 2.45) is 0 Å². The van der Waals surface area contributed by atoms with E-state index >= 15 is 0 Å². The molecular formula is C8H15NO. The number of hydrogen-bond donors (Lipinski definition) is 1. The molecule has 2 nitrogen and oxygen atoms in total. The molecule has 1 saturated heterocycles. The number of rotatable bonds is 2. The monoisotopic (exact) mass is 141 g/mol. The van der Waals surface area contributed by atoms with Gasteiger partial charge in [-0.3, -0.25) is 0 Å². The molecule has 0 spiro atoms. The molecule has 0 radical (unpaired) electrons. The lowest BCUT2D eigenvalue weighted by Crippen LogP contribution is -2.29. The van der Waals surface area contributed by atoms with Crippen LogP contribution in [-0.2, 0) is 0 Å². The maximum absolute atomic E-state index is 8.90. The minimum atomic E-state index is 0.271. The summed E-state index contributed by atoms with van der Waals surface area (Å²) in [5, 5.41) is 8.90. The molecule has 0 amide bonds. The van der Waals surface area contributed by atoms with E-state index in [0.717, 1.165) is 18.7 Å². The number of nitrogens with zero attached hydrogens (tertiary/aromatic N) is 1. The summed E-state index contributed by atoms with van der Waals surface area (Å²) in [4.78, 5) is 2.18. The molecule has 1 atom stereocenters. The Morgan fingerprint density at radius 2 is 2.50 bits per heavy atom. The molecule has 1 aliphatic heterocycles. The largest absolute Gasteiger partial charge is 0.394 e. The lowest BCUT2D eigenvalue weighted by Gasteiger charge is -2.24. The third-order valence-corrected chi connectivity index (χ3v) is 2.08. The van der Waals surface area contributed by atoms with Gasteiger partial charge >= 0.3 is 0 Å². The molecule has 0 aromatic heterocycles. The van der Waals surface area contributed by atoms with Gasteiger partial charge in [-0.25, -0.2) is 0 Å². The Kier molecular flexibility index (Phi) is 2.33. The summed E-state index contributed by atoms with van der Waals surface area (Å²) in [6.45, 7) is 7.18. The predicted molar refractivity (Wildman–Crippen MR) is 41.6 cm³/mol. The molecule has 0 aromatic carbocycles. The van der Waals surface area contributed by atoms with Crippen LogP contribution in [0.15, 0.2) is 12.3 Å². The Morgan fingerprint density at radius 1 is 1.80 bits per heavy atom. The lowest BCUT2D eigenvalue weighted by atomic mass is 10.2. The molecule has 1 heterocycles. The van der Waals surface area contributed by atoms with Crippen LogP contribution in [0.3, 0.4) is 0 Å². The van der Waals surface area contributed by atoms with E-state index in [1.54, 1.807) is 0 Å². The highest BCUT2D eigenvalue weighted by Gasteiger charge is 2.22. The molecule has 2 heteroatoms. The Balaban J connectivity index is 2.50. The smallest absolute Gasteiger partial charge is 0.0634 e. The van der Waals surface area contributed by atoms with Crippen LogP contribution in [0.1, 0.15) is 19.8 Å². The highest BCUT2D eigenvalue weighted by molar-refractivity contribution is 4.95. The van der Waals surface area contributed by atoms with E-state index < -0.39 is 0 Å². The quantitative estimate of drug-likeness (QED) is 0.619. The van der Waals surface area contributed by atoms with Crippen molar-refractivity contribution in [2.75, 3.05) is 13.2 Å². The van der Waals surface area contributed by atoms with Gasteiger partial charge in [0.15, 0.2) is 0 Å². The zero-order valence-corrected chi connectivity index (χ0v) is 6.51. The van der Waals surface area contributed by atoms with Gasteiger partial charge in [0.25, 0.3) is 0 Å². The summed E-state index contributed by atoms with van der Waals surface area (Å²) in [5.74, 6) is 0. The van der Waals surface area contributed by atoms with Crippen molar-refractivity contribution in [2.45, 2.75) is 25.8 Å². The highest BCUT2D eigenvalue weighted by Crippen LogP contribution is 2.19. The lowest BCUT2D eigenvalue weighted by molar-refractivity contribution is 0.187. The van der Waals surface area contributed by atoms with Crippen LogP contribution < -0.4 is 0 Å². The van der Waals surface area contributed by atoms with Gasteiger partial charge in [0, 0.05) is 12.2 Å². The molecular weight excluding hydrogens is 126 g/mol. The van der Waals surface area contributed by atoms with E-state index in [0.29, 0.717) is 6.04 Å². The van der Waals surface area contributed by atoms with Crippen molar-refractivity contribution in [3.8, 4) is 0 Å². The maximum Gasteiger partial charge on any atom is 0.0634 e. The maximum atomic E-state index is 8.90. The predicted octanol–water partition coefficient (Wildman–Crippen LogP) is 0.977. The number of aliphatic hydroxyl groups is 1. The van der Waals surface area contributed by atoms with Crippen molar-refractivity contribution < 1.29 is 5.11 Å². The fraction of sp³-hybridized carbons (Fsp3) is 0.750. The minimum Gasteiger partial charge on any atom is -0.394 e. The third-order valence-electron chi connectivity index (χ3n) is 2.08. The Hall–Kier alpha value is -0.500. The van der Waals surface area contributed by atoms with Crippen LogP contribution in [0.2, 0.25) is 0 Å². The van der Waals surface area contributed by atoms with Crippen LogP contribution >= 0.6 is 0 Å². The van der Waals surface area contributed by atoms with Gasteiger partial charge in [-0.05, 0) is 19.8 Å². The second-order valence-electron chi connectivity index (χ2n) is 2.91. The van der Waals surface area contributed by atoms with Gasteiger partial charge in [-0.1, -0.05) is 6.58 Å².